The highest BCUT2D eigenvalue weighted by atomic mass is 79.9. The van der Waals surface area contributed by atoms with Crippen molar-refractivity contribution in [3.05, 3.63) is 41.2 Å². The predicted octanol–water partition coefficient (Wildman–Crippen LogP) is 4.32. The first-order valence-corrected chi connectivity index (χ1v) is 5.76. The fourth-order valence-corrected chi connectivity index (χ4v) is 1.51. The van der Waals surface area contributed by atoms with Gasteiger partial charge in [-0.3, -0.25) is 0 Å². The van der Waals surface area contributed by atoms with E-state index in [0.717, 1.165) is 17.3 Å². The van der Waals surface area contributed by atoms with Crippen molar-refractivity contribution in [2.24, 2.45) is 0 Å². The van der Waals surface area contributed by atoms with Crippen molar-refractivity contribution >= 4 is 21.5 Å². The first-order chi connectivity index (χ1) is 6.65. The van der Waals surface area contributed by atoms with Gasteiger partial charge in [0.1, 0.15) is 5.82 Å². The monoisotopic (exact) mass is 256 g/mol. The molecule has 0 fully saturated rings. The van der Waals surface area contributed by atoms with E-state index in [1.807, 2.05) is 12.1 Å². The van der Waals surface area contributed by atoms with Gasteiger partial charge in [0.15, 0.2) is 0 Å². The molecule has 0 aliphatic heterocycles. The highest BCUT2D eigenvalue weighted by Gasteiger charge is 1.99. The van der Waals surface area contributed by atoms with Crippen LogP contribution in [0.15, 0.2) is 24.3 Å². The summed E-state index contributed by atoms with van der Waals surface area (Å²) < 4.78 is 13.0. The predicted molar refractivity (Wildman–Crippen MR) is 63.2 cm³/mol. The smallest absolute Gasteiger partial charge is 0.126 e. The quantitative estimate of drug-likeness (QED) is 0.707. The summed E-state index contributed by atoms with van der Waals surface area (Å²) in [5, 5.41) is 0.963. The first kappa shape index (κ1) is 11.4. The number of halogens is 2. The van der Waals surface area contributed by atoms with Gasteiger partial charge in [-0.25, -0.2) is 4.39 Å². The summed E-state index contributed by atoms with van der Waals surface area (Å²) in [7, 11) is 0. The van der Waals surface area contributed by atoms with Gasteiger partial charge in [0.2, 0.25) is 0 Å². The molecule has 1 rings (SSSR count). The molecule has 0 saturated heterocycles. The van der Waals surface area contributed by atoms with Crippen molar-refractivity contribution in [1.29, 1.82) is 0 Å². The number of hydrogen-bond acceptors (Lipinski definition) is 0. The molecule has 1 aromatic rings. The van der Waals surface area contributed by atoms with Gasteiger partial charge >= 0.3 is 0 Å². The molecule has 0 nitrogen and oxygen atoms in total. The second-order valence-corrected chi connectivity index (χ2v) is 4.12. The molecular weight excluding hydrogens is 243 g/mol. The SMILES string of the molecule is C/C(=C\CCBr)c1ccc(F)c(C)c1. The van der Waals surface area contributed by atoms with Crippen LogP contribution in [0.25, 0.3) is 5.57 Å². The Kier molecular flexibility index (Phi) is 4.33. The third kappa shape index (κ3) is 2.95. The molecule has 1 aromatic carbocycles. The van der Waals surface area contributed by atoms with Crippen LogP contribution in [-0.4, -0.2) is 5.33 Å². The average molecular weight is 257 g/mol. The van der Waals surface area contributed by atoms with E-state index >= 15 is 0 Å². The van der Waals surface area contributed by atoms with E-state index in [4.69, 9.17) is 0 Å². The van der Waals surface area contributed by atoms with Crippen LogP contribution >= 0.6 is 15.9 Å². The van der Waals surface area contributed by atoms with Crippen LogP contribution in [0.2, 0.25) is 0 Å². The summed E-state index contributed by atoms with van der Waals surface area (Å²) in [4.78, 5) is 0. The minimum absolute atomic E-state index is 0.137. The number of benzene rings is 1. The maximum absolute atomic E-state index is 13.0. The zero-order valence-corrected chi connectivity index (χ0v) is 10.1. The normalized spacial score (nSPS) is 11.9. The molecule has 0 radical (unpaired) electrons. The molecule has 76 valence electrons. The molecular formula is C12H14BrF. The third-order valence-corrected chi connectivity index (χ3v) is 2.63. The Bertz CT molecular complexity index is 342. The van der Waals surface area contributed by atoms with Gasteiger partial charge in [0.25, 0.3) is 0 Å². The van der Waals surface area contributed by atoms with E-state index in [9.17, 15) is 4.39 Å². The van der Waals surface area contributed by atoms with Gasteiger partial charge in [-0.1, -0.05) is 28.1 Å². The summed E-state index contributed by atoms with van der Waals surface area (Å²) in [6.07, 6.45) is 3.16. The number of rotatable bonds is 3. The Balaban J connectivity index is 2.91. The van der Waals surface area contributed by atoms with E-state index in [0.29, 0.717) is 5.56 Å². The van der Waals surface area contributed by atoms with Gasteiger partial charge in [-0.15, -0.1) is 0 Å². The first-order valence-electron chi connectivity index (χ1n) is 4.64. The van der Waals surface area contributed by atoms with Crippen LogP contribution in [0.3, 0.4) is 0 Å². The molecule has 14 heavy (non-hydrogen) atoms. The maximum atomic E-state index is 13.0. The van der Waals surface area contributed by atoms with Crippen LogP contribution in [0, 0.1) is 12.7 Å². The Morgan fingerprint density at radius 3 is 2.79 bits per heavy atom. The van der Waals surface area contributed by atoms with Crippen molar-refractivity contribution < 1.29 is 4.39 Å². The van der Waals surface area contributed by atoms with Crippen molar-refractivity contribution in [2.75, 3.05) is 5.33 Å². The number of alkyl halides is 1. The Morgan fingerprint density at radius 2 is 2.21 bits per heavy atom. The van der Waals surface area contributed by atoms with E-state index < -0.39 is 0 Å². The standard InChI is InChI=1S/C12H14BrF/c1-9(4-3-7-13)11-5-6-12(14)10(2)8-11/h4-6,8H,3,7H2,1-2H3/b9-4+. The van der Waals surface area contributed by atoms with Crippen molar-refractivity contribution in [1.82, 2.24) is 0 Å². The molecule has 0 atom stereocenters. The van der Waals surface area contributed by atoms with Crippen LogP contribution in [0.4, 0.5) is 4.39 Å². The summed E-state index contributed by atoms with van der Waals surface area (Å²) in [6.45, 7) is 3.84. The van der Waals surface area contributed by atoms with Gasteiger partial charge in [-0.05, 0) is 49.1 Å². The summed E-state index contributed by atoms with van der Waals surface area (Å²) in [5.74, 6) is -0.137. The second-order valence-electron chi connectivity index (χ2n) is 3.33. The molecule has 0 aliphatic rings. The molecule has 0 amide bonds. The van der Waals surface area contributed by atoms with E-state index in [1.54, 1.807) is 6.92 Å². The molecule has 0 N–H and O–H groups in total. The van der Waals surface area contributed by atoms with E-state index in [2.05, 4.69) is 28.9 Å². The van der Waals surface area contributed by atoms with Crippen LogP contribution in [0.5, 0.6) is 0 Å². The third-order valence-electron chi connectivity index (χ3n) is 2.17. The summed E-state index contributed by atoms with van der Waals surface area (Å²) >= 11 is 3.37. The average Bonchev–Trinajstić information content (AvgIpc) is 2.18. The van der Waals surface area contributed by atoms with Gasteiger partial charge in [-0.2, -0.15) is 0 Å². The van der Waals surface area contributed by atoms with Crippen LogP contribution in [0.1, 0.15) is 24.5 Å². The fourth-order valence-electron chi connectivity index (χ4n) is 1.28. The zero-order valence-electron chi connectivity index (χ0n) is 8.48. The fraction of sp³-hybridized carbons (Fsp3) is 0.333. The lowest BCUT2D eigenvalue weighted by Gasteiger charge is -2.03. The molecule has 0 bridgehead atoms. The number of hydrogen-bond donors (Lipinski definition) is 0. The summed E-state index contributed by atoms with van der Waals surface area (Å²) in [6, 6.07) is 5.23. The molecule has 2 heteroatoms. The Hall–Kier alpha value is -0.630. The maximum Gasteiger partial charge on any atom is 0.126 e. The largest absolute Gasteiger partial charge is 0.207 e. The topological polar surface area (TPSA) is 0 Å². The number of aryl methyl sites for hydroxylation is 1. The molecule has 0 aromatic heterocycles. The minimum atomic E-state index is -0.137. The van der Waals surface area contributed by atoms with Crippen LogP contribution < -0.4 is 0 Å². The molecule has 0 spiro atoms. The lowest BCUT2D eigenvalue weighted by atomic mass is 10.0. The van der Waals surface area contributed by atoms with Crippen LogP contribution in [-0.2, 0) is 0 Å². The Labute approximate surface area is 93.0 Å². The zero-order chi connectivity index (χ0) is 10.6. The molecule has 0 unspecified atom stereocenters. The van der Waals surface area contributed by atoms with E-state index in [-0.39, 0.29) is 5.82 Å². The van der Waals surface area contributed by atoms with Crippen molar-refractivity contribution in [3.8, 4) is 0 Å². The van der Waals surface area contributed by atoms with E-state index in [1.165, 1.54) is 11.6 Å². The highest BCUT2D eigenvalue weighted by molar-refractivity contribution is 9.09. The molecule has 0 saturated carbocycles. The van der Waals surface area contributed by atoms with Crippen molar-refractivity contribution in [3.63, 3.8) is 0 Å². The molecule has 0 aliphatic carbocycles. The lowest BCUT2D eigenvalue weighted by molar-refractivity contribution is 0.618. The minimum Gasteiger partial charge on any atom is -0.207 e. The van der Waals surface area contributed by atoms with Gasteiger partial charge < -0.3 is 0 Å². The van der Waals surface area contributed by atoms with Gasteiger partial charge in [0, 0.05) is 5.33 Å². The number of allylic oxidation sites excluding steroid dienone is 2. The second kappa shape index (κ2) is 5.30. The lowest BCUT2D eigenvalue weighted by Crippen LogP contribution is -1.86. The van der Waals surface area contributed by atoms with Gasteiger partial charge in [0.05, 0.1) is 0 Å². The molecule has 0 heterocycles. The highest BCUT2D eigenvalue weighted by Crippen LogP contribution is 2.17. The van der Waals surface area contributed by atoms with Crippen molar-refractivity contribution in [2.45, 2.75) is 20.3 Å². The summed E-state index contributed by atoms with van der Waals surface area (Å²) in [5.41, 5.74) is 3.01. The Morgan fingerprint density at radius 1 is 1.50 bits per heavy atom.